The predicted octanol–water partition coefficient (Wildman–Crippen LogP) is 1.47. The third-order valence-electron chi connectivity index (χ3n) is 3.89. The molecule has 0 unspecified atom stereocenters. The summed E-state index contributed by atoms with van der Waals surface area (Å²) < 4.78 is 2.77. The Bertz CT molecular complexity index is 358. The number of anilines is 1. The summed E-state index contributed by atoms with van der Waals surface area (Å²) in [6.45, 7) is 7.40. The second kappa shape index (κ2) is 9.49. The Balaban J connectivity index is 0.00000180. The van der Waals surface area contributed by atoms with Gasteiger partial charge in [0.25, 0.3) is 0 Å². The van der Waals surface area contributed by atoms with E-state index in [9.17, 15) is 0 Å². The van der Waals surface area contributed by atoms with Gasteiger partial charge in [0, 0.05) is 6.04 Å². The van der Waals surface area contributed by atoms with Crippen molar-refractivity contribution in [1.82, 2.24) is 0 Å². The van der Waals surface area contributed by atoms with Crippen LogP contribution in [0.5, 0.6) is 0 Å². The van der Waals surface area contributed by atoms with Crippen molar-refractivity contribution >= 4 is 37.0 Å². The monoisotopic (exact) mass is 363 g/mol. The third kappa shape index (κ3) is 5.70. The molecule has 1 aliphatic carbocycles. The van der Waals surface area contributed by atoms with Gasteiger partial charge in [-0.25, -0.2) is 0 Å². The predicted molar refractivity (Wildman–Crippen MR) is 88.3 cm³/mol. The fourth-order valence-electron chi connectivity index (χ4n) is 3.20. The second-order valence-corrected chi connectivity index (χ2v) is 11.3. The van der Waals surface area contributed by atoms with Gasteiger partial charge in [-0.2, -0.15) is 18.2 Å². The molecule has 108 valence electrons. The van der Waals surface area contributed by atoms with E-state index in [1.165, 1.54) is 44.2 Å². The van der Waals surface area contributed by atoms with Crippen molar-refractivity contribution in [3.8, 4) is 0 Å². The van der Waals surface area contributed by atoms with E-state index in [0.717, 1.165) is 6.04 Å². The Morgan fingerprint density at radius 1 is 1.00 bits per heavy atom. The summed E-state index contributed by atoms with van der Waals surface area (Å²) in [5.74, 6) is 0. The largest absolute Gasteiger partial charge is 2.00 e. The molecule has 0 aromatic heterocycles. The van der Waals surface area contributed by atoms with Crippen LogP contribution in [0.1, 0.15) is 38.5 Å². The standard InChI is InChI=1S/C16H26NSi.BrH.Mg/c1-18(2,3)17(16-13-9-6-10-14-16)15-11-7-4-5-8-12-15;;/h9-10,13-15H,4-5,7-8,11-12H2,1-3H3;1H;/q-1;;+2/p-1. The maximum Gasteiger partial charge on any atom is 2.00 e. The van der Waals surface area contributed by atoms with Gasteiger partial charge >= 0.3 is 23.1 Å². The fourth-order valence-corrected chi connectivity index (χ4v) is 5.48. The van der Waals surface area contributed by atoms with Crippen LogP contribution in [-0.4, -0.2) is 37.3 Å². The van der Waals surface area contributed by atoms with E-state index in [4.69, 9.17) is 0 Å². The molecule has 0 aliphatic heterocycles. The molecule has 20 heavy (non-hydrogen) atoms. The molecule has 1 aromatic rings. The molecule has 0 amide bonds. The minimum absolute atomic E-state index is 0. The van der Waals surface area contributed by atoms with Crippen LogP contribution in [0.3, 0.4) is 0 Å². The second-order valence-electron chi connectivity index (χ2n) is 6.44. The zero-order valence-electron chi connectivity index (χ0n) is 13.2. The summed E-state index contributed by atoms with van der Waals surface area (Å²) >= 11 is 0. The van der Waals surface area contributed by atoms with Crippen LogP contribution >= 0.6 is 0 Å². The number of halogens is 1. The summed E-state index contributed by atoms with van der Waals surface area (Å²) in [4.78, 5) is 0. The van der Waals surface area contributed by atoms with E-state index in [-0.39, 0.29) is 40.0 Å². The average molecular weight is 365 g/mol. The first-order valence-corrected chi connectivity index (χ1v) is 10.8. The van der Waals surface area contributed by atoms with Gasteiger partial charge in [-0.3, -0.25) is 0 Å². The first-order chi connectivity index (χ1) is 8.59. The van der Waals surface area contributed by atoms with Crippen molar-refractivity contribution < 1.29 is 17.0 Å². The normalized spacial score (nSPS) is 16.6. The summed E-state index contributed by atoms with van der Waals surface area (Å²) in [5, 5.41) is 0. The maximum atomic E-state index is 3.14. The van der Waals surface area contributed by atoms with Crippen molar-refractivity contribution in [3.05, 3.63) is 30.3 Å². The fraction of sp³-hybridized carbons (Fsp3) is 0.625. The number of nitrogens with zero attached hydrogens (tertiary/aromatic N) is 1. The first-order valence-electron chi connectivity index (χ1n) is 7.34. The molecule has 0 radical (unpaired) electrons. The van der Waals surface area contributed by atoms with Crippen LogP contribution in [-0.2, 0) is 0 Å². The Morgan fingerprint density at radius 2 is 1.50 bits per heavy atom. The average Bonchev–Trinajstić information content (AvgIpc) is 2.58. The van der Waals surface area contributed by atoms with Crippen molar-refractivity contribution in [1.29, 1.82) is 0 Å². The van der Waals surface area contributed by atoms with Gasteiger partial charge in [0.15, 0.2) is 0 Å². The van der Waals surface area contributed by atoms with Crippen LogP contribution in [0, 0.1) is 6.07 Å². The van der Waals surface area contributed by atoms with Crippen LogP contribution < -0.4 is 21.5 Å². The molecule has 1 saturated carbocycles. The molecule has 0 atom stereocenters. The molecule has 2 rings (SSSR count). The van der Waals surface area contributed by atoms with Gasteiger partial charge in [-0.1, -0.05) is 51.0 Å². The smallest absolute Gasteiger partial charge is 1.00 e. The van der Waals surface area contributed by atoms with Crippen molar-refractivity contribution in [3.63, 3.8) is 0 Å². The number of benzene rings is 1. The van der Waals surface area contributed by atoms with Gasteiger partial charge in [0.1, 0.15) is 8.24 Å². The minimum Gasteiger partial charge on any atom is -1.00 e. The summed E-state index contributed by atoms with van der Waals surface area (Å²) in [6, 6.07) is 12.5. The maximum absolute atomic E-state index is 3.14. The van der Waals surface area contributed by atoms with E-state index in [1.54, 1.807) is 0 Å². The molecular formula is C16H26BrMgNSi. The Morgan fingerprint density at radius 3 is 1.95 bits per heavy atom. The van der Waals surface area contributed by atoms with Crippen molar-refractivity contribution in [2.75, 3.05) is 4.57 Å². The van der Waals surface area contributed by atoms with Crippen molar-refractivity contribution in [2.24, 2.45) is 0 Å². The summed E-state index contributed by atoms with van der Waals surface area (Å²) in [5.41, 5.74) is 1.42. The molecule has 0 saturated heterocycles. The van der Waals surface area contributed by atoms with Gasteiger partial charge in [0.05, 0.1) is 0 Å². The Hall–Kier alpha value is 0.483. The molecule has 1 aliphatic rings. The van der Waals surface area contributed by atoms with Crippen molar-refractivity contribution in [2.45, 2.75) is 64.2 Å². The quantitative estimate of drug-likeness (QED) is 0.446. The molecule has 0 spiro atoms. The van der Waals surface area contributed by atoms with E-state index >= 15 is 0 Å². The van der Waals surface area contributed by atoms with E-state index in [1.807, 2.05) is 0 Å². The Kier molecular flexibility index (Phi) is 9.72. The number of rotatable bonds is 3. The zero-order valence-corrected chi connectivity index (χ0v) is 17.2. The zero-order chi connectivity index (χ0) is 13.0. The Labute approximate surface area is 152 Å². The van der Waals surface area contributed by atoms with E-state index in [2.05, 4.69) is 54.5 Å². The molecule has 0 heterocycles. The molecule has 0 N–H and O–H groups in total. The summed E-state index contributed by atoms with van der Waals surface area (Å²) in [6.07, 6.45) is 8.43. The van der Waals surface area contributed by atoms with Gasteiger partial charge in [-0.15, -0.1) is 12.1 Å². The molecule has 1 nitrogen and oxygen atoms in total. The topological polar surface area (TPSA) is 3.24 Å². The SMILES string of the molecule is C[Si](C)(C)N(c1cc[c-]cc1)C1CCCCCC1.[Br-].[Mg+2]. The molecule has 0 bridgehead atoms. The van der Waals surface area contributed by atoms with Crippen LogP contribution in [0.4, 0.5) is 5.69 Å². The number of hydrogen-bond acceptors (Lipinski definition) is 1. The van der Waals surface area contributed by atoms with Crippen LogP contribution in [0.25, 0.3) is 0 Å². The summed E-state index contributed by atoms with van der Waals surface area (Å²) in [7, 11) is -1.32. The van der Waals surface area contributed by atoms with E-state index < -0.39 is 8.24 Å². The van der Waals surface area contributed by atoms with Gasteiger partial charge in [-0.05, 0) is 12.8 Å². The third-order valence-corrected chi connectivity index (χ3v) is 5.96. The van der Waals surface area contributed by atoms with Crippen LogP contribution in [0.2, 0.25) is 19.6 Å². The minimum atomic E-state index is -1.32. The van der Waals surface area contributed by atoms with E-state index in [0.29, 0.717) is 0 Å². The van der Waals surface area contributed by atoms with Crippen LogP contribution in [0.15, 0.2) is 24.3 Å². The molecule has 1 aromatic carbocycles. The first kappa shape index (κ1) is 20.5. The van der Waals surface area contributed by atoms with Gasteiger partial charge in [0.2, 0.25) is 0 Å². The number of hydrogen-bond donors (Lipinski definition) is 0. The molecule has 4 heteroatoms. The molecule has 1 fully saturated rings. The molecular weight excluding hydrogens is 338 g/mol. The van der Waals surface area contributed by atoms with Gasteiger partial charge < -0.3 is 21.5 Å².